The largest absolute Gasteiger partial charge is 0.608 e. The molecule has 0 fully saturated rings. The molecule has 18 heavy (non-hydrogen) atoms. The molecule has 0 saturated carbocycles. The Balaban J connectivity index is 2.51. The summed E-state index contributed by atoms with van der Waals surface area (Å²) in [6.07, 6.45) is -1.29. The van der Waals surface area contributed by atoms with Gasteiger partial charge in [-0.05, 0) is 41.1 Å². The average molecular weight is 331 g/mol. The topological polar surface area (TPSA) is 80.6 Å². The van der Waals surface area contributed by atoms with Crippen molar-refractivity contribution in [1.29, 1.82) is 0 Å². The van der Waals surface area contributed by atoms with Crippen molar-refractivity contribution in [3.05, 3.63) is 17.5 Å². The van der Waals surface area contributed by atoms with Gasteiger partial charge in [0, 0.05) is 23.7 Å². The van der Waals surface area contributed by atoms with Gasteiger partial charge in [-0.15, -0.1) is 0 Å². The van der Waals surface area contributed by atoms with Crippen molar-refractivity contribution in [2.45, 2.75) is 33.2 Å². The van der Waals surface area contributed by atoms with E-state index in [2.05, 4.69) is 0 Å². The minimum Gasteiger partial charge on any atom is -0.608 e. The first-order valence-electron chi connectivity index (χ1n) is 5.06. The molecule has 0 aromatic carbocycles. The number of aliphatic hydroxyl groups excluding tert-OH is 1. The highest BCUT2D eigenvalue weighted by atomic mass is 35.5. The molecule has 2 unspecified atom stereocenters. The molecule has 1 heterocycles. The lowest BCUT2D eigenvalue weighted by Gasteiger charge is -2.23. The number of rotatable bonds is 7. The van der Waals surface area contributed by atoms with E-state index in [0.29, 0.717) is 4.21 Å². The number of hydrogen-bond acceptors (Lipinski definition) is 4. The predicted octanol–water partition coefficient (Wildman–Crippen LogP) is 2.60. The van der Waals surface area contributed by atoms with E-state index in [0.717, 1.165) is 0 Å². The van der Waals surface area contributed by atoms with Crippen LogP contribution >= 0.6 is 34.5 Å². The van der Waals surface area contributed by atoms with E-state index in [4.69, 9.17) is 28.3 Å². The summed E-state index contributed by atoms with van der Waals surface area (Å²) in [5, 5.41) is 19.6. The van der Waals surface area contributed by atoms with Crippen LogP contribution in [0, 0.1) is 0 Å². The van der Waals surface area contributed by atoms with E-state index >= 15 is 0 Å². The van der Waals surface area contributed by atoms with Crippen LogP contribution in [0.5, 0.6) is 0 Å². The van der Waals surface area contributed by atoms with Gasteiger partial charge < -0.3 is 14.8 Å². The molecule has 1 aromatic rings. The van der Waals surface area contributed by atoms with Gasteiger partial charge in [-0.3, -0.25) is 4.79 Å². The van der Waals surface area contributed by atoms with Crippen molar-refractivity contribution in [2.75, 3.05) is 0 Å². The van der Waals surface area contributed by atoms with Crippen molar-refractivity contribution >= 4 is 51.7 Å². The third-order valence-electron chi connectivity index (χ3n) is 2.13. The molecule has 0 aliphatic heterocycles. The Hall–Kier alpha value is 0.0200. The smallest absolute Gasteiger partial charge is 0.305 e. The van der Waals surface area contributed by atoms with Gasteiger partial charge in [-0.25, -0.2) is 0 Å². The summed E-state index contributed by atoms with van der Waals surface area (Å²) in [5.74, 6) is -1.10. The summed E-state index contributed by atoms with van der Waals surface area (Å²) >= 11 is 11.6. The number of aliphatic carboxylic acids is 1. The maximum absolute atomic E-state index is 12.0. The van der Waals surface area contributed by atoms with E-state index in [1.165, 1.54) is 11.3 Å². The van der Waals surface area contributed by atoms with E-state index < -0.39 is 26.9 Å². The molecule has 102 valence electrons. The number of alkyl halides is 2. The Bertz CT molecular complexity index is 383. The summed E-state index contributed by atoms with van der Waals surface area (Å²) in [6.45, 7) is 0. The molecule has 2 N–H and O–H groups in total. The molecule has 1 aromatic heterocycles. The Morgan fingerprint density at radius 1 is 1.61 bits per heavy atom. The number of carbonyl (C=O) groups is 1. The Kier molecular flexibility index (Phi) is 6.23. The molecule has 1 rings (SSSR count). The fourth-order valence-electron chi connectivity index (χ4n) is 1.25. The van der Waals surface area contributed by atoms with E-state index in [-0.39, 0.29) is 19.3 Å². The molecule has 0 radical (unpaired) electrons. The lowest BCUT2D eigenvalue weighted by atomic mass is 10.1. The molecule has 0 bridgehead atoms. The van der Waals surface area contributed by atoms with Crippen molar-refractivity contribution in [3.8, 4) is 0 Å². The summed E-state index contributed by atoms with van der Waals surface area (Å²) < 4.78 is 11.0. The minimum absolute atomic E-state index is 0.0507. The van der Waals surface area contributed by atoms with Crippen LogP contribution in [-0.2, 0) is 16.0 Å². The highest BCUT2D eigenvalue weighted by Gasteiger charge is 2.40. The van der Waals surface area contributed by atoms with Gasteiger partial charge in [0.1, 0.15) is 0 Å². The van der Waals surface area contributed by atoms with E-state index in [1.807, 2.05) is 0 Å². The van der Waals surface area contributed by atoms with Gasteiger partial charge in [-0.1, -0.05) is 11.3 Å². The lowest BCUT2D eigenvalue weighted by Crippen LogP contribution is -2.28. The van der Waals surface area contributed by atoms with Crippen molar-refractivity contribution < 1.29 is 19.6 Å². The number of halogens is 2. The quantitative estimate of drug-likeness (QED) is 0.594. The maximum atomic E-state index is 12.0. The number of hydrogen-bond donors (Lipinski definition) is 2. The predicted molar refractivity (Wildman–Crippen MR) is 72.7 cm³/mol. The molecular formula is C10H12Cl2O4S2. The second-order valence-corrected chi connectivity index (χ2v) is 8.44. The number of carboxylic acids is 1. The van der Waals surface area contributed by atoms with Crippen molar-refractivity contribution in [3.63, 3.8) is 0 Å². The monoisotopic (exact) mass is 330 g/mol. The second-order valence-electron chi connectivity index (χ2n) is 3.63. The number of thiophene rings is 1. The molecule has 0 spiro atoms. The van der Waals surface area contributed by atoms with Crippen LogP contribution in [0.25, 0.3) is 0 Å². The SMILES string of the molecule is O=C(O)CC(O)CCC(Cl)(Cl)[S+]([O-])c1cccs1. The summed E-state index contributed by atoms with van der Waals surface area (Å²) in [5.41, 5.74) is 0. The summed E-state index contributed by atoms with van der Waals surface area (Å²) in [4.78, 5) is 10.4. The zero-order chi connectivity index (χ0) is 13.8. The molecule has 0 aliphatic rings. The fourth-order valence-corrected chi connectivity index (χ4v) is 4.43. The number of carboxylic acid groups (broad SMARTS) is 1. The number of aliphatic hydroxyl groups is 1. The van der Waals surface area contributed by atoms with Gasteiger partial charge >= 0.3 is 5.97 Å². The lowest BCUT2D eigenvalue weighted by molar-refractivity contribution is -0.139. The van der Waals surface area contributed by atoms with Crippen LogP contribution < -0.4 is 0 Å². The molecule has 4 nitrogen and oxygen atoms in total. The molecular weight excluding hydrogens is 319 g/mol. The van der Waals surface area contributed by atoms with Crippen molar-refractivity contribution in [2.24, 2.45) is 0 Å². The Labute approximate surface area is 122 Å². The Morgan fingerprint density at radius 3 is 2.78 bits per heavy atom. The highest BCUT2D eigenvalue weighted by molar-refractivity contribution is 7.97. The highest BCUT2D eigenvalue weighted by Crippen LogP contribution is 2.39. The maximum Gasteiger partial charge on any atom is 0.305 e. The standard InChI is InChI=1S/C10H12Cl2O4S2/c11-10(12,4-3-7(13)6-8(14)15)18(16)9-2-1-5-17-9/h1-2,5,7,13H,3-4,6H2,(H,14,15). The molecule has 0 aliphatic carbocycles. The Morgan fingerprint density at radius 2 is 2.28 bits per heavy atom. The molecule has 2 atom stereocenters. The van der Waals surface area contributed by atoms with Gasteiger partial charge in [0.05, 0.1) is 12.5 Å². The van der Waals surface area contributed by atoms with Gasteiger partial charge in [0.15, 0.2) is 0 Å². The van der Waals surface area contributed by atoms with Crippen molar-refractivity contribution in [1.82, 2.24) is 0 Å². The zero-order valence-electron chi connectivity index (χ0n) is 9.21. The molecule has 8 heteroatoms. The van der Waals surface area contributed by atoms with Gasteiger partial charge in [0.25, 0.3) is 3.67 Å². The third-order valence-corrected chi connectivity index (χ3v) is 6.00. The van der Waals surface area contributed by atoms with Crippen LogP contribution in [0.15, 0.2) is 21.7 Å². The fraction of sp³-hybridized carbons (Fsp3) is 0.500. The normalized spacial score (nSPS) is 15.3. The van der Waals surface area contributed by atoms with Crippen LogP contribution in [0.3, 0.4) is 0 Å². The van der Waals surface area contributed by atoms with Crippen LogP contribution in [0.4, 0.5) is 0 Å². The zero-order valence-corrected chi connectivity index (χ0v) is 12.4. The third kappa shape index (κ3) is 4.95. The molecule has 0 saturated heterocycles. The van der Waals surface area contributed by atoms with Crippen LogP contribution in [0.2, 0.25) is 0 Å². The van der Waals surface area contributed by atoms with E-state index in [1.54, 1.807) is 17.5 Å². The van der Waals surface area contributed by atoms with Crippen LogP contribution in [0.1, 0.15) is 19.3 Å². The van der Waals surface area contributed by atoms with Gasteiger partial charge in [0.2, 0.25) is 4.21 Å². The summed E-state index contributed by atoms with van der Waals surface area (Å²) in [6, 6.07) is 3.40. The average Bonchev–Trinajstić information content (AvgIpc) is 2.78. The summed E-state index contributed by atoms with van der Waals surface area (Å²) in [7, 11) is 0. The minimum atomic E-state index is -1.60. The van der Waals surface area contributed by atoms with Crippen LogP contribution in [-0.4, -0.2) is 30.5 Å². The van der Waals surface area contributed by atoms with Gasteiger partial charge in [-0.2, -0.15) is 0 Å². The first kappa shape index (κ1) is 16.1. The first-order chi connectivity index (χ1) is 8.33. The second kappa shape index (κ2) is 6.98. The molecule has 0 amide bonds. The van der Waals surface area contributed by atoms with E-state index in [9.17, 15) is 14.5 Å². The first-order valence-corrected chi connectivity index (χ1v) is 7.84.